The molecule has 1 aromatic heterocycles. The molecule has 0 radical (unpaired) electrons. The monoisotopic (exact) mass is 155 g/mol. The van der Waals surface area contributed by atoms with E-state index >= 15 is 0 Å². The summed E-state index contributed by atoms with van der Waals surface area (Å²) < 4.78 is 1.62. The Labute approximate surface area is 65.4 Å². The number of unbranched alkanes of at least 4 members (excludes halogenated alkanes) is 1. The Balaban J connectivity index is 2.62. The van der Waals surface area contributed by atoms with Crippen molar-refractivity contribution < 1.29 is 0 Å². The van der Waals surface area contributed by atoms with E-state index < -0.39 is 0 Å². The van der Waals surface area contributed by atoms with Gasteiger partial charge in [0.25, 0.3) is 0 Å². The number of rotatable bonds is 3. The van der Waals surface area contributed by atoms with Crippen LogP contribution in [-0.4, -0.2) is 14.8 Å². The standard InChI is InChI=1S/C6H13N5/c1-2-3-4-11-6(8)9-5(7)10-11/h2-4H2,1H3,(H4,7,8,9,10). The van der Waals surface area contributed by atoms with Crippen LogP contribution in [0.4, 0.5) is 11.9 Å². The highest BCUT2D eigenvalue weighted by atomic mass is 15.4. The van der Waals surface area contributed by atoms with Gasteiger partial charge < -0.3 is 11.5 Å². The van der Waals surface area contributed by atoms with E-state index in [2.05, 4.69) is 17.0 Å². The zero-order chi connectivity index (χ0) is 8.27. The molecular weight excluding hydrogens is 142 g/mol. The SMILES string of the molecule is CCCCn1nc(N)nc1N. The number of aryl methyl sites for hydroxylation is 1. The van der Waals surface area contributed by atoms with E-state index in [1.807, 2.05) is 0 Å². The van der Waals surface area contributed by atoms with Crippen LogP contribution in [0.3, 0.4) is 0 Å². The fourth-order valence-corrected chi connectivity index (χ4v) is 0.845. The lowest BCUT2D eigenvalue weighted by molar-refractivity contribution is 0.580. The molecule has 0 aliphatic carbocycles. The maximum absolute atomic E-state index is 5.49. The van der Waals surface area contributed by atoms with Gasteiger partial charge in [0.1, 0.15) is 0 Å². The molecule has 1 rings (SSSR count). The van der Waals surface area contributed by atoms with Crippen LogP contribution in [0.1, 0.15) is 19.8 Å². The van der Waals surface area contributed by atoms with Crippen molar-refractivity contribution in [1.29, 1.82) is 0 Å². The van der Waals surface area contributed by atoms with Crippen molar-refractivity contribution in [3.63, 3.8) is 0 Å². The van der Waals surface area contributed by atoms with E-state index in [0.717, 1.165) is 19.4 Å². The third-order valence-electron chi connectivity index (χ3n) is 1.44. The van der Waals surface area contributed by atoms with E-state index in [0.29, 0.717) is 5.95 Å². The molecule has 1 heterocycles. The Morgan fingerprint density at radius 1 is 1.45 bits per heavy atom. The maximum atomic E-state index is 5.49. The van der Waals surface area contributed by atoms with Gasteiger partial charge in [-0.3, -0.25) is 0 Å². The quantitative estimate of drug-likeness (QED) is 0.655. The second-order valence-electron chi connectivity index (χ2n) is 2.40. The summed E-state index contributed by atoms with van der Waals surface area (Å²) in [5.74, 6) is 0.648. The van der Waals surface area contributed by atoms with Crippen molar-refractivity contribution in [1.82, 2.24) is 14.8 Å². The largest absolute Gasteiger partial charge is 0.368 e. The summed E-state index contributed by atoms with van der Waals surface area (Å²) >= 11 is 0. The second-order valence-corrected chi connectivity index (χ2v) is 2.40. The van der Waals surface area contributed by atoms with Gasteiger partial charge in [0, 0.05) is 6.54 Å². The van der Waals surface area contributed by atoms with Crippen LogP contribution in [0.5, 0.6) is 0 Å². The Hall–Kier alpha value is -1.26. The van der Waals surface area contributed by atoms with Crippen LogP contribution in [0, 0.1) is 0 Å². The van der Waals surface area contributed by atoms with Gasteiger partial charge >= 0.3 is 0 Å². The smallest absolute Gasteiger partial charge is 0.241 e. The number of hydrogen-bond donors (Lipinski definition) is 2. The molecule has 0 amide bonds. The third kappa shape index (κ3) is 1.83. The number of anilines is 2. The van der Waals surface area contributed by atoms with Crippen LogP contribution < -0.4 is 11.5 Å². The topological polar surface area (TPSA) is 82.8 Å². The predicted octanol–water partition coefficient (Wildman–Crippen LogP) is 0.243. The molecule has 0 spiro atoms. The van der Waals surface area contributed by atoms with Gasteiger partial charge in [-0.1, -0.05) is 13.3 Å². The molecule has 0 saturated heterocycles. The molecule has 5 nitrogen and oxygen atoms in total. The Bertz CT molecular complexity index is 229. The molecule has 1 aromatic rings. The van der Waals surface area contributed by atoms with Crippen molar-refractivity contribution >= 4 is 11.9 Å². The summed E-state index contributed by atoms with van der Waals surface area (Å²) in [5, 5.41) is 3.91. The van der Waals surface area contributed by atoms with Crippen molar-refractivity contribution in [3.8, 4) is 0 Å². The molecule has 0 fully saturated rings. The van der Waals surface area contributed by atoms with Gasteiger partial charge in [-0.2, -0.15) is 4.98 Å². The van der Waals surface area contributed by atoms with E-state index in [4.69, 9.17) is 11.5 Å². The minimum absolute atomic E-state index is 0.249. The first-order valence-corrected chi connectivity index (χ1v) is 3.70. The van der Waals surface area contributed by atoms with Gasteiger partial charge in [-0.05, 0) is 6.42 Å². The zero-order valence-electron chi connectivity index (χ0n) is 6.62. The zero-order valence-corrected chi connectivity index (χ0v) is 6.62. The third-order valence-corrected chi connectivity index (χ3v) is 1.44. The normalized spacial score (nSPS) is 10.3. The lowest BCUT2D eigenvalue weighted by Crippen LogP contribution is -2.04. The van der Waals surface area contributed by atoms with Gasteiger partial charge in [0.15, 0.2) is 0 Å². The molecule has 0 unspecified atom stereocenters. The first-order chi connectivity index (χ1) is 5.24. The fraction of sp³-hybridized carbons (Fsp3) is 0.667. The molecule has 0 atom stereocenters. The van der Waals surface area contributed by atoms with Crippen molar-refractivity contribution in [3.05, 3.63) is 0 Å². The Morgan fingerprint density at radius 2 is 2.18 bits per heavy atom. The predicted molar refractivity (Wildman–Crippen MR) is 43.8 cm³/mol. The van der Waals surface area contributed by atoms with Crippen LogP contribution >= 0.6 is 0 Å². The lowest BCUT2D eigenvalue weighted by atomic mass is 10.3. The van der Waals surface area contributed by atoms with Crippen molar-refractivity contribution in [2.45, 2.75) is 26.3 Å². The van der Waals surface area contributed by atoms with Crippen LogP contribution in [0.15, 0.2) is 0 Å². The van der Waals surface area contributed by atoms with Crippen LogP contribution in [0.2, 0.25) is 0 Å². The number of nitrogens with zero attached hydrogens (tertiary/aromatic N) is 3. The molecule has 0 saturated carbocycles. The Kier molecular flexibility index (Phi) is 2.30. The number of nitrogen functional groups attached to an aromatic ring is 2. The maximum Gasteiger partial charge on any atom is 0.241 e. The molecule has 11 heavy (non-hydrogen) atoms. The highest BCUT2D eigenvalue weighted by Gasteiger charge is 2.01. The highest BCUT2D eigenvalue weighted by molar-refractivity contribution is 5.25. The molecule has 4 N–H and O–H groups in total. The first-order valence-electron chi connectivity index (χ1n) is 3.70. The number of nitrogens with two attached hydrogens (primary N) is 2. The molecule has 0 aliphatic heterocycles. The fourth-order valence-electron chi connectivity index (χ4n) is 0.845. The summed E-state index contributed by atoms with van der Waals surface area (Å²) in [6.07, 6.45) is 2.16. The van der Waals surface area contributed by atoms with Crippen LogP contribution in [0.25, 0.3) is 0 Å². The molecule has 0 bridgehead atoms. The van der Waals surface area contributed by atoms with Gasteiger partial charge in [0.2, 0.25) is 11.9 Å². The minimum atomic E-state index is 0.249. The van der Waals surface area contributed by atoms with Crippen molar-refractivity contribution in [2.24, 2.45) is 0 Å². The van der Waals surface area contributed by atoms with E-state index in [9.17, 15) is 0 Å². The lowest BCUT2D eigenvalue weighted by Gasteiger charge is -1.98. The van der Waals surface area contributed by atoms with Crippen molar-refractivity contribution in [2.75, 3.05) is 11.5 Å². The minimum Gasteiger partial charge on any atom is -0.368 e. The van der Waals surface area contributed by atoms with E-state index in [1.165, 1.54) is 0 Å². The van der Waals surface area contributed by atoms with Gasteiger partial charge in [-0.25, -0.2) is 4.68 Å². The molecule has 62 valence electrons. The number of aromatic nitrogens is 3. The molecule has 0 aromatic carbocycles. The number of hydrogen-bond acceptors (Lipinski definition) is 4. The van der Waals surface area contributed by atoms with Crippen LogP contribution in [-0.2, 0) is 6.54 Å². The summed E-state index contributed by atoms with van der Waals surface area (Å²) in [4.78, 5) is 3.77. The summed E-state index contributed by atoms with van der Waals surface area (Å²) in [6, 6.07) is 0. The van der Waals surface area contributed by atoms with E-state index in [1.54, 1.807) is 4.68 Å². The van der Waals surface area contributed by atoms with E-state index in [-0.39, 0.29) is 5.95 Å². The second kappa shape index (κ2) is 3.23. The summed E-state index contributed by atoms with van der Waals surface area (Å²) in [6.45, 7) is 2.91. The Morgan fingerprint density at radius 3 is 2.64 bits per heavy atom. The molecule has 5 heteroatoms. The average Bonchev–Trinajstić information content (AvgIpc) is 2.26. The molecular formula is C6H13N5. The summed E-state index contributed by atoms with van der Waals surface area (Å²) in [5.41, 5.74) is 10.8. The van der Waals surface area contributed by atoms with Gasteiger partial charge in [0.05, 0.1) is 0 Å². The molecule has 0 aliphatic rings. The highest BCUT2D eigenvalue weighted by Crippen LogP contribution is 2.02. The first kappa shape index (κ1) is 7.84. The van der Waals surface area contributed by atoms with Gasteiger partial charge in [-0.15, -0.1) is 5.10 Å². The summed E-state index contributed by atoms with van der Waals surface area (Å²) in [7, 11) is 0. The average molecular weight is 155 g/mol.